The lowest BCUT2D eigenvalue weighted by Gasteiger charge is -2.23. The van der Waals surface area contributed by atoms with Crippen LogP contribution in [-0.2, 0) is 22.5 Å². The van der Waals surface area contributed by atoms with Crippen LogP contribution in [0.4, 0.5) is 9.18 Å². The van der Waals surface area contributed by atoms with E-state index in [1.807, 2.05) is 12.1 Å². The van der Waals surface area contributed by atoms with Crippen LogP contribution >= 0.6 is 0 Å². The fourth-order valence-corrected chi connectivity index (χ4v) is 3.74. The number of nitrogens with zero attached hydrogens (tertiary/aromatic N) is 1. The molecule has 198 valence electrons. The molecule has 2 aromatic carbocycles. The van der Waals surface area contributed by atoms with Gasteiger partial charge in [-0.3, -0.25) is 0 Å². The number of carboxylic acids is 1. The predicted octanol–water partition coefficient (Wildman–Crippen LogP) is 5.42. The summed E-state index contributed by atoms with van der Waals surface area (Å²) in [5, 5.41) is 12.2. The van der Waals surface area contributed by atoms with E-state index in [4.69, 9.17) is 9.47 Å². The van der Waals surface area contributed by atoms with E-state index in [0.29, 0.717) is 38.6 Å². The van der Waals surface area contributed by atoms with E-state index in [1.54, 1.807) is 36.1 Å². The van der Waals surface area contributed by atoms with Gasteiger partial charge < -0.3 is 24.8 Å². The van der Waals surface area contributed by atoms with Crippen LogP contribution in [0.25, 0.3) is 0 Å². The summed E-state index contributed by atoms with van der Waals surface area (Å²) in [5.74, 6) is -0.638. The summed E-state index contributed by atoms with van der Waals surface area (Å²) in [6, 6.07) is 13.1. The largest absolute Gasteiger partial charge is 0.492 e. The van der Waals surface area contributed by atoms with Crippen molar-refractivity contribution in [2.75, 3.05) is 26.3 Å². The highest BCUT2D eigenvalue weighted by Crippen LogP contribution is 2.15. The molecule has 0 spiro atoms. The minimum absolute atomic E-state index is 0.176. The summed E-state index contributed by atoms with van der Waals surface area (Å²) < 4.78 is 24.2. The second kappa shape index (κ2) is 16.5. The van der Waals surface area contributed by atoms with Crippen molar-refractivity contribution in [1.29, 1.82) is 0 Å². The Morgan fingerprint density at radius 1 is 0.944 bits per heavy atom. The Balaban J connectivity index is 1.86. The molecule has 0 aliphatic heterocycles. The Bertz CT molecular complexity index is 905. The number of nitrogens with one attached hydrogen (secondary N) is 1. The number of hydrogen-bond donors (Lipinski definition) is 2. The average molecular weight is 503 g/mol. The molecule has 0 saturated carbocycles. The molecule has 1 unspecified atom stereocenters. The first-order valence-electron chi connectivity index (χ1n) is 12.8. The molecule has 8 heteroatoms. The summed E-state index contributed by atoms with van der Waals surface area (Å²) in [6.45, 7) is 5.99. The fourth-order valence-electron chi connectivity index (χ4n) is 3.74. The molecule has 2 amide bonds. The molecule has 0 aromatic heterocycles. The Labute approximate surface area is 213 Å². The molecule has 0 aliphatic rings. The van der Waals surface area contributed by atoms with Crippen LogP contribution < -0.4 is 10.1 Å². The van der Waals surface area contributed by atoms with Crippen molar-refractivity contribution in [3.63, 3.8) is 0 Å². The number of aliphatic carboxylic acids is 1. The highest BCUT2D eigenvalue weighted by Gasteiger charge is 2.18. The van der Waals surface area contributed by atoms with Gasteiger partial charge in [-0.25, -0.2) is 14.0 Å². The maximum absolute atomic E-state index is 13.1. The lowest BCUT2D eigenvalue weighted by atomic mass is 10.1. The Hall–Kier alpha value is -3.13. The third-order valence-electron chi connectivity index (χ3n) is 5.79. The predicted molar refractivity (Wildman–Crippen MR) is 138 cm³/mol. The van der Waals surface area contributed by atoms with E-state index in [9.17, 15) is 19.1 Å². The number of hydrogen-bond acceptors (Lipinski definition) is 4. The Kier molecular flexibility index (Phi) is 13.4. The number of unbranched alkanes of at least 4 members (excludes halogenated alkanes) is 4. The third kappa shape index (κ3) is 11.1. The highest BCUT2D eigenvalue weighted by atomic mass is 19.1. The number of urea groups is 1. The highest BCUT2D eigenvalue weighted by molar-refractivity contribution is 5.74. The first kappa shape index (κ1) is 29.1. The quantitative estimate of drug-likeness (QED) is 0.282. The van der Waals surface area contributed by atoms with Crippen molar-refractivity contribution in [3.8, 4) is 5.75 Å². The Morgan fingerprint density at radius 3 is 2.25 bits per heavy atom. The molecule has 0 fully saturated rings. The minimum Gasteiger partial charge on any atom is -0.492 e. The zero-order valence-electron chi connectivity index (χ0n) is 21.4. The number of carbonyl (C=O) groups excluding carboxylic acids is 1. The molecule has 0 bridgehead atoms. The van der Waals surface area contributed by atoms with E-state index >= 15 is 0 Å². The van der Waals surface area contributed by atoms with Crippen LogP contribution in [0.5, 0.6) is 5.75 Å². The van der Waals surface area contributed by atoms with Crippen molar-refractivity contribution >= 4 is 12.0 Å². The zero-order chi connectivity index (χ0) is 26.2. The van der Waals surface area contributed by atoms with Gasteiger partial charge in [0, 0.05) is 26.1 Å². The van der Waals surface area contributed by atoms with Gasteiger partial charge >= 0.3 is 12.0 Å². The number of rotatable bonds is 17. The molecule has 36 heavy (non-hydrogen) atoms. The van der Waals surface area contributed by atoms with E-state index in [-0.39, 0.29) is 18.3 Å². The van der Waals surface area contributed by atoms with Gasteiger partial charge in [-0.05, 0) is 48.7 Å². The van der Waals surface area contributed by atoms with Crippen molar-refractivity contribution in [2.45, 2.75) is 65.0 Å². The van der Waals surface area contributed by atoms with Gasteiger partial charge in [0.25, 0.3) is 0 Å². The van der Waals surface area contributed by atoms with Gasteiger partial charge in [-0.1, -0.05) is 56.9 Å². The Morgan fingerprint density at radius 2 is 1.61 bits per heavy atom. The first-order valence-corrected chi connectivity index (χ1v) is 12.8. The van der Waals surface area contributed by atoms with Gasteiger partial charge in [0.05, 0.1) is 6.54 Å². The lowest BCUT2D eigenvalue weighted by molar-refractivity contribution is -0.149. The zero-order valence-corrected chi connectivity index (χ0v) is 21.4. The van der Waals surface area contributed by atoms with Crippen LogP contribution in [-0.4, -0.2) is 54.4 Å². The van der Waals surface area contributed by atoms with Crippen molar-refractivity contribution in [3.05, 3.63) is 65.5 Å². The fraction of sp³-hybridized carbons (Fsp3) is 0.500. The van der Waals surface area contributed by atoms with Crippen LogP contribution in [0, 0.1) is 5.82 Å². The van der Waals surface area contributed by atoms with Gasteiger partial charge in [0.1, 0.15) is 18.2 Å². The maximum atomic E-state index is 13.1. The van der Waals surface area contributed by atoms with Crippen molar-refractivity contribution in [1.82, 2.24) is 10.2 Å². The molecule has 7 nitrogen and oxygen atoms in total. The standard InChI is InChI=1S/C28H39FN2O5/c1-3-5-6-7-8-17-31(28(34)30-21-23-9-13-24(29)14-10-23)18-19-36-25-15-11-22(12-16-25)20-26(27(32)33)35-4-2/h9-16,26H,3-8,17-21H2,1-2H3,(H,30,34)(H,32,33). The monoisotopic (exact) mass is 502 g/mol. The summed E-state index contributed by atoms with van der Waals surface area (Å²) in [6.07, 6.45) is 4.89. The topological polar surface area (TPSA) is 88.1 Å². The number of halogens is 1. The van der Waals surface area contributed by atoms with Crippen molar-refractivity contribution in [2.24, 2.45) is 0 Å². The molecular weight excluding hydrogens is 463 g/mol. The molecule has 0 saturated heterocycles. The van der Waals surface area contributed by atoms with Crippen LogP contribution in [0.2, 0.25) is 0 Å². The smallest absolute Gasteiger partial charge is 0.333 e. The van der Waals surface area contributed by atoms with Crippen LogP contribution in [0.3, 0.4) is 0 Å². The summed E-state index contributed by atoms with van der Waals surface area (Å²) in [5.41, 5.74) is 1.68. The number of carboxylic acid groups (broad SMARTS) is 1. The van der Waals surface area contributed by atoms with E-state index in [1.165, 1.54) is 18.6 Å². The third-order valence-corrected chi connectivity index (χ3v) is 5.79. The van der Waals surface area contributed by atoms with Gasteiger partial charge in [-0.15, -0.1) is 0 Å². The van der Waals surface area contributed by atoms with Gasteiger partial charge in [-0.2, -0.15) is 0 Å². The lowest BCUT2D eigenvalue weighted by Crippen LogP contribution is -2.42. The molecule has 0 radical (unpaired) electrons. The number of amides is 2. The number of ether oxygens (including phenoxy) is 2. The second-order valence-electron chi connectivity index (χ2n) is 8.67. The molecule has 0 aliphatic carbocycles. The molecule has 2 rings (SSSR count). The van der Waals surface area contributed by atoms with E-state index in [0.717, 1.165) is 36.8 Å². The summed E-state index contributed by atoms with van der Waals surface area (Å²) in [7, 11) is 0. The SMILES string of the molecule is CCCCCCCN(CCOc1ccc(CC(OCC)C(=O)O)cc1)C(=O)NCc1ccc(F)cc1. The van der Waals surface area contributed by atoms with Crippen molar-refractivity contribution < 1.29 is 28.6 Å². The molecule has 0 heterocycles. The van der Waals surface area contributed by atoms with Crippen LogP contribution in [0.15, 0.2) is 48.5 Å². The first-order chi connectivity index (χ1) is 17.4. The second-order valence-corrected chi connectivity index (χ2v) is 8.67. The molecular formula is C28H39FN2O5. The van der Waals surface area contributed by atoms with E-state index < -0.39 is 12.1 Å². The van der Waals surface area contributed by atoms with Gasteiger partial charge in [0.15, 0.2) is 6.10 Å². The molecule has 2 N–H and O–H groups in total. The maximum Gasteiger partial charge on any atom is 0.333 e. The number of carbonyl (C=O) groups is 2. The summed E-state index contributed by atoms with van der Waals surface area (Å²) in [4.78, 5) is 25.9. The molecule has 2 aromatic rings. The average Bonchev–Trinajstić information content (AvgIpc) is 2.87. The van der Waals surface area contributed by atoms with Crippen LogP contribution in [0.1, 0.15) is 57.1 Å². The van der Waals surface area contributed by atoms with E-state index in [2.05, 4.69) is 12.2 Å². The molecule has 1 atom stereocenters. The minimum atomic E-state index is -0.982. The summed E-state index contributed by atoms with van der Waals surface area (Å²) >= 11 is 0. The van der Waals surface area contributed by atoms with Gasteiger partial charge in [0.2, 0.25) is 0 Å². The number of benzene rings is 2. The normalized spacial score (nSPS) is 11.6.